The van der Waals surface area contributed by atoms with Gasteiger partial charge in [0.15, 0.2) is 12.2 Å². The molecule has 0 aliphatic heterocycles. The Morgan fingerprint density at radius 3 is 0.866 bits per heavy atom. The van der Waals surface area contributed by atoms with Gasteiger partial charge in [0.2, 0.25) is 0 Å². The van der Waals surface area contributed by atoms with Crippen molar-refractivity contribution in [2.45, 2.75) is 318 Å². The maximum absolute atomic E-state index is 13.0. The van der Waals surface area contributed by atoms with Crippen LogP contribution < -0.4 is 0 Å². The Labute approximate surface area is 498 Å². The molecule has 0 saturated heterocycles. The molecule has 0 bridgehead atoms. The van der Waals surface area contributed by atoms with Crippen molar-refractivity contribution in [2.75, 3.05) is 39.6 Å². The number of carbonyl (C=O) groups excluding carboxylic acids is 4. The van der Waals surface area contributed by atoms with Gasteiger partial charge in [-0.25, -0.2) is 9.13 Å². The number of ether oxygens (including phenoxy) is 4. The van der Waals surface area contributed by atoms with Crippen molar-refractivity contribution in [2.24, 2.45) is 23.7 Å². The van der Waals surface area contributed by atoms with Crippen molar-refractivity contribution in [3.8, 4) is 0 Å². The minimum atomic E-state index is -4.94. The smallest absolute Gasteiger partial charge is 0.462 e. The molecular formula is C63H122O17P2. The number of aliphatic hydroxyl groups is 1. The van der Waals surface area contributed by atoms with E-state index in [4.69, 9.17) is 37.0 Å². The highest BCUT2D eigenvalue weighted by Crippen LogP contribution is 2.45. The Balaban J connectivity index is 5.26. The fourth-order valence-electron chi connectivity index (χ4n) is 9.16. The molecule has 0 saturated carbocycles. The number of carbonyl (C=O) groups is 4. The van der Waals surface area contributed by atoms with E-state index in [0.717, 1.165) is 114 Å². The molecule has 0 aliphatic carbocycles. The van der Waals surface area contributed by atoms with E-state index >= 15 is 0 Å². The summed E-state index contributed by atoms with van der Waals surface area (Å²) in [4.78, 5) is 72.1. The summed E-state index contributed by atoms with van der Waals surface area (Å²) in [5.41, 5.74) is 0. The minimum absolute atomic E-state index is 0.102. The van der Waals surface area contributed by atoms with Gasteiger partial charge in [-0.1, -0.05) is 248 Å². The summed E-state index contributed by atoms with van der Waals surface area (Å²) in [6.45, 7) is 13.9. The largest absolute Gasteiger partial charge is 0.472 e. The van der Waals surface area contributed by atoms with Crippen LogP contribution in [0.15, 0.2) is 0 Å². The molecule has 0 spiro atoms. The summed E-state index contributed by atoms with van der Waals surface area (Å²) in [6.07, 6.45) is 32.2. The van der Waals surface area contributed by atoms with E-state index in [9.17, 15) is 43.2 Å². The van der Waals surface area contributed by atoms with Gasteiger partial charge < -0.3 is 33.8 Å². The van der Waals surface area contributed by atoms with Gasteiger partial charge in [0.25, 0.3) is 0 Å². The Hall–Kier alpha value is -1.94. The third-order valence-corrected chi connectivity index (χ3v) is 17.3. The van der Waals surface area contributed by atoms with Crippen molar-refractivity contribution in [3.05, 3.63) is 0 Å². The molecule has 0 rings (SSSR count). The molecular weight excluding hydrogens is 1090 g/mol. The van der Waals surface area contributed by atoms with Gasteiger partial charge in [-0.3, -0.25) is 37.3 Å². The van der Waals surface area contributed by atoms with Gasteiger partial charge in [-0.2, -0.15) is 0 Å². The summed E-state index contributed by atoms with van der Waals surface area (Å²) in [5, 5.41) is 10.5. The van der Waals surface area contributed by atoms with Crippen LogP contribution in [0.5, 0.6) is 0 Å². The van der Waals surface area contributed by atoms with Gasteiger partial charge in [0, 0.05) is 25.7 Å². The number of phosphoric acid groups is 2. The Kier molecular flexibility index (Phi) is 52.0. The van der Waals surface area contributed by atoms with Crippen LogP contribution in [0.1, 0.15) is 299 Å². The second kappa shape index (κ2) is 53.3. The second-order valence-corrected chi connectivity index (χ2v) is 26.9. The number of esters is 4. The number of hydrogen-bond donors (Lipinski definition) is 3. The van der Waals surface area contributed by atoms with E-state index in [-0.39, 0.29) is 25.7 Å². The average molecular weight is 1210 g/mol. The molecule has 0 radical (unpaired) electrons. The maximum Gasteiger partial charge on any atom is 0.472 e. The Morgan fingerprint density at radius 1 is 0.341 bits per heavy atom. The molecule has 5 unspecified atom stereocenters. The Bertz CT molecular complexity index is 1650. The summed E-state index contributed by atoms with van der Waals surface area (Å²) in [7, 11) is -9.89. The van der Waals surface area contributed by atoms with Crippen molar-refractivity contribution >= 4 is 39.5 Å². The lowest BCUT2D eigenvalue weighted by atomic mass is 9.99. The van der Waals surface area contributed by atoms with E-state index in [2.05, 4.69) is 55.4 Å². The molecule has 3 N–H and O–H groups in total. The molecule has 0 aliphatic rings. The normalized spacial score (nSPS) is 15.5. The molecule has 0 aromatic carbocycles. The molecule has 82 heavy (non-hydrogen) atoms. The zero-order valence-corrected chi connectivity index (χ0v) is 54.9. The lowest BCUT2D eigenvalue weighted by Crippen LogP contribution is -2.30. The predicted octanol–water partition coefficient (Wildman–Crippen LogP) is 17.0. The van der Waals surface area contributed by atoms with E-state index < -0.39 is 97.5 Å². The zero-order chi connectivity index (χ0) is 61.1. The van der Waals surface area contributed by atoms with Crippen LogP contribution in [0.2, 0.25) is 0 Å². The van der Waals surface area contributed by atoms with Gasteiger partial charge in [-0.05, 0) is 49.4 Å². The predicted molar refractivity (Wildman–Crippen MR) is 326 cm³/mol. The first-order valence-electron chi connectivity index (χ1n) is 32.8. The van der Waals surface area contributed by atoms with Crippen LogP contribution in [0.4, 0.5) is 0 Å². The highest BCUT2D eigenvalue weighted by atomic mass is 31.2. The fraction of sp³-hybridized carbons (Fsp3) is 0.937. The lowest BCUT2D eigenvalue weighted by molar-refractivity contribution is -0.161. The molecule has 17 nitrogen and oxygen atoms in total. The zero-order valence-electron chi connectivity index (χ0n) is 53.1. The summed E-state index contributed by atoms with van der Waals surface area (Å²) >= 11 is 0. The molecule has 0 amide bonds. The molecule has 0 fully saturated rings. The summed E-state index contributed by atoms with van der Waals surface area (Å²) in [6, 6.07) is 0. The first-order valence-corrected chi connectivity index (χ1v) is 35.8. The van der Waals surface area contributed by atoms with E-state index in [1.807, 2.05) is 0 Å². The Morgan fingerprint density at radius 2 is 0.585 bits per heavy atom. The van der Waals surface area contributed by atoms with Crippen LogP contribution in [-0.2, 0) is 65.4 Å². The van der Waals surface area contributed by atoms with Crippen molar-refractivity contribution in [3.63, 3.8) is 0 Å². The van der Waals surface area contributed by atoms with Gasteiger partial charge >= 0.3 is 39.5 Å². The molecule has 0 aromatic rings. The SMILES string of the molecule is CCC(C)CCCCCCCCCCC(=O)OC[C@H](COP(=O)(O)OC[C@@H](O)COP(=O)(O)OC[C@@H](COC(=O)CCCCCCCCC(C)CC)OC(=O)CCCCCCCCCC(C)C)OC(=O)CCCCCCCCC(C)CC. The molecule has 0 heterocycles. The quantitative estimate of drug-likeness (QED) is 0.0222. The van der Waals surface area contributed by atoms with E-state index in [0.29, 0.717) is 31.6 Å². The molecule has 8 atom stereocenters. The number of rotatable bonds is 60. The molecule has 19 heteroatoms. The number of unbranched alkanes of at least 4 members (excludes halogenated alkanes) is 23. The highest BCUT2D eigenvalue weighted by molar-refractivity contribution is 7.47. The van der Waals surface area contributed by atoms with E-state index in [1.54, 1.807) is 0 Å². The van der Waals surface area contributed by atoms with Gasteiger partial charge in [0.1, 0.15) is 19.3 Å². The monoisotopic (exact) mass is 1210 g/mol. The van der Waals surface area contributed by atoms with Crippen molar-refractivity contribution in [1.82, 2.24) is 0 Å². The first-order chi connectivity index (χ1) is 39.2. The number of aliphatic hydroxyl groups excluding tert-OH is 1. The summed E-state index contributed by atoms with van der Waals surface area (Å²) in [5.74, 6) is 0.779. The molecule has 0 aromatic heterocycles. The average Bonchev–Trinajstić information content (AvgIpc) is 3.46. The van der Waals surface area contributed by atoms with Gasteiger partial charge in [0.05, 0.1) is 26.4 Å². The fourth-order valence-corrected chi connectivity index (χ4v) is 10.7. The third-order valence-electron chi connectivity index (χ3n) is 15.4. The standard InChI is InChI=1S/C63H122O17P2/c1-9-54(6)40-32-24-16-12-13-17-27-35-43-60(65)73-49-59(80-63(68)46-38-30-22-20-26-34-42-56(8)11-3)52-78-82(71,72)76-48-57(64)47-75-81(69,70)77-51-58(79-62(67)45-37-29-18-14-15-23-31-39-53(4)5)50-74-61(66)44-36-28-21-19-25-33-41-55(7)10-2/h53-59,64H,9-52H2,1-8H3,(H,69,70)(H,71,72)/t54?,55?,56?,57-,58+,59+/m0/s1. The highest BCUT2D eigenvalue weighted by Gasteiger charge is 2.30. The van der Waals surface area contributed by atoms with Crippen LogP contribution in [0, 0.1) is 23.7 Å². The second-order valence-electron chi connectivity index (χ2n) is 24.0. The van der Waals surface area contributed by atoms with Crippen LogP contribution >= 0.6 is 15.6 Å². The van der Waals surface area contributed by atoms with Crippen molar-refractivity contribution < 1.29 is 80.2 Å². The molecule has 486 valence electrons. The topological polar surface area (TPSA) is 237 Å². The maximum atomic E-state index is 13.0. The van der Waals surface area contributed by atoms with Crippen LogP contribution in [-0.4, -0.2) is 96.7 Å². The van der Waals surface area contributed by atoms with Crippen LogP contribution in [0.25, 0.3) is 0 Å². The lowest BCUT2D eigenvalue weighted by Gasteiger charge is -2.21. The number of phosphoric ester groups is 2. The van der Waals surface area contributed by atoms with Gasteiger partial charge in [-0.15, -0.1) is 0 Å². The van der Waals surface area contributed by atoms with Crippen molar-refractivity contribution in [1.29, 1.82) is 0 Å². The minimum Gasteiger partial charge on any atom is -0.462 e. The summed E-state index contributed by atoms with van der Waals surface area (Å²) < 4.78 is 67.9. The van der Waals surface area contributed by atoms with E-state index in [1.165, 1.54) is 96.3 Å². The third kappa shape index (κ3) is 53.5. The first kappa shape index (κ1) is 80.1. The number of hydrogen-bond acceptors (Lipinski definition) is 15. The van der Waals surface area contributed by atoms with Crippen LogP contribution in [0.3, 0.4) is 0 Å².